The zero-order chi connectivity index (χ0) is 18.5. The maximum atomic E-state index is 12.9. The zero-order valence-corrected chi connectivity index (χ0v) is 16.6. The van der Waals surface area contributed by atoms with Crippen LogP contribution in [0.25, 0.3) is 0 Å². The first-order valence-corrected chi connectivity index (χ1v) is 10.2. The van der Waals surface area contributed by atoms with Crippen LogP contribution in [0, 0.1) is 0 Å². The van der Waals surface area contributed by atoms with Crippen LogP contribution in [0.2, 0.25) is 5.02 Å². The van der Waals surface area contributed by atoms with Crippen molar-refractivity contribution in [2.24, 2.45) is 0 Å². The van der Waals surface area contributed by atoms with Gasteiger partial charge in [0.1, 0.15) is 0 Å². The molecule has 0 bridgehead atoms. The van der Waals surface area contributed by atoms with Crippen molar-refractivity contribution in [2.75, 3.05) is 6.54 Å². The third-order valence-electron chi connectivity index (χ3n) is 5.44. The van der Waals surface area contributed by atoms with E-state index >= 15 is 0 Å². The molecule has 3 rings (SSSR count). The maximum Gasteiger partial charge on any atom is 0.254 e. The monoisotopic (exact) mass is 389 g/mol. The summed E-state index contributed by atoms with van der Waals surface area (Å²) in [6.07, 6.45) is 4.34. The molecule has 0 unspecified atom stereocenters. The Bertz CT molecular complexity index is 719. The number of halogens is 2. The van der Waals surface area contributed by atoms with E-state index in [1.54, 1.807) is 12.1 Å². The average Bonchev–Trinajstić information content (AvgIpc) is 2.69. The molecule has 0 saturated heterocycles. The van der Waals surface area contributed by atoms with Gasteiger partial charge in [0.2, 0.25) is 0 Å². The van der Waals surface area contributed by atoms with Crippen LogP contribution < -0.4 is 0 Å². The second-order valence-corrected chi connectivity index (χ2v) is 7.68. The Labute approximate surface area is 166 Å². The minimum atomic E-state index is 0.110. The summed E-state index contributed by atoms with van der Waals surface area (Å²) in [4.78, 5) is 14.9. The number of amides is 1. The fraction of sp³-hybridized carbons (Fsp3) is 0.409. The Morgan fingerprint density at radius 3 is 2.15 bits per heavy atom. The van der Waals surface area contributed by atoms with Crippen molar-refractivity contribution in [3.8, 4) is 0 Å². The minimum Gasteiger partial charge on any atom is -0.336 e. The van der Waals surface area contributed by atoms with Crippen LogP contribution in [-0.4, -0.2) is 23.4 Å². The quantitative estimate of drug-likeness (QED) is 0.551. The van der Waals surface area contributed by atoms with Crippen LogP contribution in [0.5, 0.6) is 0 Å². The van der Waals surface area contributed by atoms with E-state index in [4.69, 9.17) is 23.2 Å². The molecular formula is C22H25Cl2NO. The minimum absolute atomic E-state index is 0.110. The molecule has 0 atom stereocenters. The van der Waals surface area contributed by atoms with Gasteiger partial charge in [-0.3, -0.25) is 4.79 Å². The molecule has 0 spiro atoms. The molecular weight excluding hydrogens is 365 g/mol. The van der Waals surface area contributed by atoms with Gasteiger partial charge in [-0.25, -0.2) is 0 Å². The molecule has 4 heteroatoms. The highest BCUT2D eigenvalue weighted by Gasteiger charge is 2.29. The zero-order valence-electron chi connectivity index (χ0n) is 15.1. The molecule has 0 radical (unpaired) electrons. The molecule has 1 fully saturated rings. The SMILES string of the molecule is CCN(C(=O)c1ccc(Cl)cc1)C1CCC(c2ccc(CCl)cc2)CC1. The predicted molar refractivity (Wildman–Crippen MR) is 109 cm³/mol. The Balaban J connectivity index is 1.63. The summed E-state index contributed by atoms with van der Waals surface area (Å²) in [7, 11) is 0. The van der Waals surface area contributed by atoms with Crippen molar-refractivity contribution in [3.05, 3.63) is 70.2 Å². The first-order chi connectivity index (χ1) is 12.6. The van der Waals surface area contributed by atoms with Crippen LogP contribution >= 0.6 is 23.2 Å². The van der Waals surface area contributed by atoms with Crippen LogP contribution in [0.4, 0.5) is 0 Å². The van der Waals surface area contributed by atoms with Crippen molar-refractivity contribution in [1.82, 2.24) is 4.90 Å². The van der Waals surface area contributed by atoms with Crippen molar-refractivity contribution in [1.29, 1.82) is 0 Å². The van der Waals surface area contributed by atoms with Gasteiger partial charge in [-0.15, -0.1) is 11.6 Å². The smallest absolute Gasteiger partial charge is 0.254 e. The van der Waals surface area contributed by atoms with E-state index in [1.165, 1.54) is 5.56 Å². The molecule has 1 saturated carbocycles. The fourth-order valence-electron chi connectivity index (χ4n) is 3.93. The largest absolute Gasteiger partial charge is 0.336 e. The number of carbonyl (C=O) groups is 1. The van der Waals surface area contributed by atoms with Crippen LogP contribution in [-0.2, 0) is 5.88 Å². The van der Waals surface area contributed by atoms with Gasteiger partial charge in [0.05, 0.1) is 0 Å². The molecule has 138 valence electrons. The summed E-state index contributed by atoms with van der Waals surface area (Å²) in [5.74, 6) is 1.25. The number of alkyl halides is 1. The lowest BCUT2D eigenvalue weighted by molar-refractivity contribution is 0.0640. The lowest BCUT2D eigenvalue weighted by atomic mass is 9.81. The second-order valence-electron chi connectivity index (χ2n) is 6.98. The first kappa shape index (κ1) is 19.3. The molecule has 0 aliphatic heterocycles. The Morgan fingerprint density at radius 2 is 1.62 bits per heavy atom. The van der Waals surface area contributed by atoms with E-state index in [9.17, 15) is 4.79 Å². The summed E-state index contributed by atoms with van der Waals surface area (Å²) in [6.45, 7) is 2.80. The average molecular weight is 390 g/mol. The highest BCUT2D eigenvalue weighted by Crippen LogP contribution is 2.35. The molecule has 26 heavy (non-hydrogen) atoms. The van der Waals surface area contributed by atoms with E-state index in [-0.39, 0.29) is 5.91 Å². The molecule has 0 heterocycles. The van der Waals surface area contributed by atoms with Crippen molar-refractivity contribution >= 4 is 29.1 Å². The summed E-state index contributed by atoms with van der Waals surface area (Å²) in [5, 5.41) is 0.658. The Morgan fingerprint density at radius 1 is 1.00 bits per heavy atom. The molecule has 0 N–H and O–H groups in total. The molecule has 2 aromatic rings. The van der Waals surface area contributed by atoms with Crippen LogP contribution in [0.3, 0.4) is 0 Å². The molecule has 0 aromatic heterocycles. The molecule has 2 nitrogen and oxygen atoms in total. The van der Waals surface area contributed by atoms with Gasteiger partial charge in [0, 0.05) is 29.1 Å². The van der Waals surface area contributed by atoms with Gasteiger partial charge >= 0.3 is 0 Å². The lowest BCUT2D eigenvalue weighted by Crippen LogP contribution is -2.42. The third kappa shape index (κ3) is 4.42. The van der Waals surface area contributed by atoms with Gasteiger partial charge in [-0.05, 0) is 73.9 Å². The summed E-state index contributed by atoms with van der Waals surface area (Å²) < 4.78 is 0. The van der Waals surface area contributed by atoms with Gasteiger partial charge in [-0.1, -0.05) is 35.9 Å². The highest BCUT2D eigenvalue weighted by molar-refractivity contribution is 6.30. The Hall–Kier alpha value is -1.51. The van der Waals surface area contributed by atoms with Crippen molar-refractivity contribution in [2.45, 2.75) is 50.4 Å². The molecule has 2 aromatic carbocycles. The number of carbonyl (C=O) groups excluding carboxylic acids is 1. The standard InChI is InChI=1S/C22H25Cl2NO/c1-2-25(22(26)19-7-11-20(24)12-8-19)21-13-9-18(10-14-21)17-5-3-16(15-23)4-6-17/h3-8,11-12,18,21H,2,9-10,13-15H2,1H3. The number of hydrogen-bond acceptors (Lipinski definition) is 1. The number of hydrogen-bond donors (Lipinski definition) is 0. The van der Waals surface area contributed by atoms with Crippen molar-refractivity contribution in [3.63, 3.8) is 0 Å². The van der Waals surface area contributed by atoms with E-state index in [1.807, 2.05) is 17.0 Å². The molecule has 1 amide bonds. The summed E-state index contributed by atoms with van der Waals surface area (Å²) >= 11 is 11.8. The maximum absolute atomic E-state index is 12.9. The molecule has 1 aliphatic carbocycles. The summed E-state index contributed by atoms with van der Waals surface area (Å²) in [5.41, 5.74) is 3.27. The van der Waals surface area contributed by atoms with Gasteiger partial charge in [0.15, 0.2) is 0 Å². The third-order valence-corrected chi connectivity index (χ3v) is 6.00. The van der Waals surface area contributed by atoms with Crippen LogP contribution in [0.15, 0.2) is 48.5 Å². The topological polar surface area (TPSA) is 20.3 Å². The predicted octanol–water partition coefficient (Wildman–Crippen LogP) is 6.27. The van der Waals surface area contributed by atoms with E-state index in [0.29, 0.717) is 22.9 Å². The van der Waals surface area contributed by atoms with Crippen molar-refractivity contribution < 1.29 is 4.79 Å². The molecule has 1 aliphatic rings. The normalized spacial score (nSPS) is 20.0. The number of benzene rings is 2. The fourth-order valence-corrected chi connectivity index (χ4v) is 4.23. The van der Waals surface area contributed by atoms with Crippen LogP contribution in [0.1, 0.15) is 60.0 Å². The van der Waals surface area contributed by atoms with E-state index < -0.39 is 0 Å². The number of rotatable bonds is 5. The van der Waals surface area contributed by atoms with Gasteiger partial charge in [-0.2, -0.15) is 0 Å². The van der Waals surface area contributed by atoms with E-state index in [2.05, 4.69) is 31.2 Å². The van der Waals surface area contributed by atoms with E-state index in [0.717, 1.165) is 43.4 Å². The lowest BCUT2D eigenvalue weighted by Gasteiger charge is -2.36. The summed E-state index contributed by atoms with van der Waals surface area (Å²) in [6, 6.07) is 16.2. The van der Waals surface area contributed by atoms with Gasteiger partial charge in [0.25, 0.3) is 5.91 Å². The second kappa shape index (κ2) is 8.92. The number of nitrogens with zero attached hydrogens (tertiary/aromatic N) is 1. The highest BCUT2D eigenvalue weighted by atomic mass is 35.5. The first-order valence-electron chi connectivity index (χ1n) is 9.33. The Kier molecular flexibility index (Phi) is 6.61. The van der Waals surface area contributed by atoms with Gasteiger partial charge < -0.3 is 4.90 Å².